The van der Waals surface area contributed by atoms with E-state index < -0.39 is 0 Å². The second kappa shape index (κ2) is 6.18. The summed E-state index contributed by atoms with van der Waals surface area (Å²) in [6.07, 6.45) is 4.29. The third-order valence-corrected chi connectivity index (χ3v) is 4.24. The van der Waals surface area contributed by atoms with Gasteiger partial charge in [0.1, 0.15) is 0 Å². The standard InChI is InChI=1S/C18H20N2O2/c1-22-17-12-14(7-10-19-17)11-16(21)20-13-18(8-9-18)15-5-3-2-4-6-15/h2-7,10,12H,8-9,11,13H2,1H3,(H,20,21). The highest BCUT2D eigenvalue weighted by Gasteiger charge is 2.44. The molecule has 0 aliphatic heterocycles. The molecule has 2 aromatic rings. The van der Waals surface area contributed by atoms with Crippen molar-refractivity contribution in [3.05, 3.63) is 59.8 Å². The average Bonchev–Trinajstić information content (AvgIpc) is 3.35. The zero-order chi connectivity index (χ0) is 15.4. The van der Waals surface area contributed by atoms with Gasteiger partial charge in [0.15, 0.2) is 0 Å². The van der Waals surface area contributed by atoms with Gasteiger partial charge >= 0.3 is 0 Å². The van der Waals surface area contributed by atoms with Gasteiger partial charge in [-0.1, -0.05) is 30.3 Å². The van der Waals surface area contributed by atoms with Gasteiger partial charge in [-0.3, -0.25) is 4.79 Å². The van der Waals surface area contributed by atoms with E-state index in [4.69, 9.17) is 4.74 Å². The Labute approximate surface area is 130 Å². The van der Waals surface area contributed by atoms with Crippen molar-refractivity contribution in [3.8, 4) is 5.88 Å². The maximum Gasteiger partial charge on any atom is 0.224 e. The van der Waals surface area contributed by atoms with E-state index in [1.807, 2.05) is 12.1 Å². The number of nitrogens with one attached hydrogen (secondary N) is 1. The normalized spacial score (nSPS) is 15.1. The lowest BCUT2D eigenvalue weighted by molar-refractivity contribution is -0.120. The Morgan fingerprint density at radius 1 is 1.27 bits per heavy atom. The summed E-state index contributed by atoms with van der Waals surface area (Å²) in [6.45, 7) is 0.706. The Morgan fingerprint density at radius 2 is 2.05 bits per heavy atom. The quantitative estimate of drug-likeness (QED) is 0.891. The lowest BCUT2D eigenvalue weighted by Crippen LogP contribution is -2.33. The molecule has 0 bridgehead atoms. The summed E-state index contributed by atoms with van der Waals surface area (Å²) in [4.78, 5) is 16.2. The van der Waals surface area contributed by atoms with Crippen LogP contribution in [0.3, 0.4) is 0 Å². The number of pyridine rings is 1. The number of amides is 1. The molecule has 1 aliphatic rings. The van der Waals surface area contributed by atoms with Crippen LogP contribution in [0.15, 0.2) is 48.7 Å². The summed E-state index contributed by atoms with van der Waals surface area (Å²) in [5.41, 5.74) is 2.38. The molecule has 1 saturated carbocycles. The van der Waals surface area contributed by atoms with E-state index in [9.17, 15) is 4.79 Å². The fraction of sp³-hybridized carbons (Fsp3) is 0.333. The first kappa shape index (κ1) is 14.6. The van der Waals surface area contributed by atoms with Crippen molar-refractivity contribution in [2.24, 2.45) is 0 Å². The van der Waals surface area contributed by atoms with E-state index in [-0.39, 0.29) is 11.3 Å². The smallest absolute Gasteiger partial charge is 0.224 e. The fourth-order valence-corrected chi connectivity index (χ4v) is 2.70. The van der Waals surface area contributed by atoms with E-state index in [1.54, 1.807) is 19.4 Å². The highest BCUT2D eigenvalue weighted by Crippen LogP contribution is 2.47. The number of nitrogens with zero attached hydrogens (tertiary/aromatic N) is 1. The van der Waals surface area contributed by atoms with Gasteiger partial charge in [-0.2, -0.15) is 0 Å². The molecule has 0 atom stereocenters. The second-order valence-corrected chi connectivity index (χ2v) is 5.81. The summed E-state index contributed by atoms with van der Waals surface area (Å²) in [7, 11) is 1.57. The van der Waals surface area contributed by atoms with E-state index in [1.165, 1.54) is 5.56 Å². The van der Waals surface area contributed by atoms with Gasteiger partial charge < -0.3 is 10.1 Å². The molecule has 0 saturated heterocycles. The minimum atomic E-state index is 0.0375. The van der Waals surface area contributed by atoms with Crippen LogP contribution in [0.2, 0.25) is 0 Å². The molecule has 1 aliphatic carbocycles. The van der Waals surface area contributed by atoms with Crippen molar-refractivity contribution >= 4 is 5.91 Å². The molecule has 4 heteroatoms. The van der Waals surface area contributed by atoms with Gasteiger partial charge in [-0.15, -0.1) is 0 Å². The first-order chi connectivity index (χ1) is 10.7. The predicted molar refractivity (Wildman–Crippen MR) is 84.9 cm³/mol. The van der Waals surface area contributed by atoms with Crippen LogP contribution in [0.1, 0.15) is 24.0 Å². The second-order valence-electron chi connectivity index (χ2n) is 5.81. The third kappa shape index (κ3) is 3.27. The van der Waals surface area contributed by atoms with E-state index in [0.29, 0.717) is 18.8 Å². The molecular weight excluding hydrogens is 276 g/mol. The Balaban J connectivity index is 1.56. The van der Waals surface area contributed by atoms with Crippen molar-refractivity contribution in [2.75, 3.05) is 13.7 Å². The van der Waals surface area contributed by atoms with E-state index in [0.717, 1.165) is 18.4 Å². The number of hydrogen-bond donors (Lipinski definition) is 1. The Kier molecular flexibility index (Phi) is 4.09. The van der Waals surface area contributed by atoms with E-state index in [2.05, 4.69) is 34.6 Å². The van der Waals surface area contributed by atoms with Gasteiger partial charge in [-0.05, 0) is 30.0 Å². The zero-order valence-corrected chi connectivity index (χ0v) is 12.7. The van der Waals surface area contributed by atoms with Crippen LogP contribution in [0.4, 0.5) is 0 Å². The van der Waals surface area contributed by atoms with Crippen molar-refractivity contribution in [3.63, 3.8) is 0 Å². The number of aromatic nitrogens is 1. The Hall–Kier alpha value is -2.36. The summed E-state index contributed by atoms with van der Waals surface area (Å²) < 4.78 is 5.08. The van der Waals surface area contributed by atoms with Crippen LogP contribution in [0.25, 0.3) is 0 Å². The Morgan fingerprint density at radius 3 is 2.73 bits per heavy atom. The average molecular weight is 296 g/mol. The fourth-order valence-electron chi connectivity index (χ4n) is 2.70. The third-order valence-electron chi connectivity index (χ3n) is 4.24. The predicted octanol–water partition coefficient (Wildman–Crippen LogP) is 2.48. The molecule has 1 N–H and O–H groups in total. The maximum atomic E-state index is 12.1. The molecule has 1 aromatic heterocycles. The topological polar surface area (TPSA) is 51.2 Å². The molecule has 1 aromatic carbocycles. The van der Waals surface area contributed by atoms with Crippen LogP contribution in [0.5, 0.6) is 5.88 Å². The number of rotatable bonds is 6. The first-order valence-corrected chi connectivity index (χ1v) is 7.53. The Bertz CT molecular complexity index is 651. The monoisotopic (exact) mass is 296 g/mol. The number of ether oxygens (including phenoxy) is 1. The number of carbonyl (C=O) groups excluding carboxylic acids is 1. The zero-order valence-electron chi connectivity index (χ0n) is 12.7. The van der Waals surface area contributed by atoms with Crippen molar-refractivity contribution < 1.29 is 9.53 Å². The number of benzene rings is 1. The van der Waals surface area contributed by atoms with Crippen LogP contribution >= 0.6 is 0 Å². The molecule has 1 heterocycles. The molecule has 0 spiro atoms. The molecule has 1 amide bonds. The van der Waals surface area contributed by atoms with Gasteiger partial charge in [0.25, 0.3) is 0 Å². The van der Waals surface area contributed by atoms with Gasteiger partial charge in [0.2, 0.25) is 11.8 Å². The van der Waals surface area contributed by atoms with E-state index >= 15 is 0 Å². The highest BCUT2D eigenvalue weighted by molar-refractivity contribution is 5.78. The molecular formula is C18H20N2O2. The minimum Gasteiger partial charge on any atom is -0.481 e. The van der Waals surface area contributed by atoms with Gasteiger partial charge in [0, 0.05) is 24.2 Å². The van der Waals surface area contributed by atoms with Crippen molar-refractivity contribution in [1.82, 2.24) is 10.3 Å². The molecule has 114 valence electrons. The lowest BCUT2D eigenvalue weighted by Gasteiger charge is -2.16. The SMILES string of the molecule is COc1cc(CC(=O)NCC2(c3ccccc3)CC2)ccn1. The molecule has 1 fully saturated rings. The summed E-state index contributed by atoms with van der Waals surface area (Å²) in [5, 5.41) is 3.07. The van der Waals surface area contributed by atoms with Crippen LogP contribution in [-0.2, 0) is 16.6 Å². The number of methoxy groups -OCH3 is 1. The molecule has 0 radical (unpaired) electrons. The van der Waals surface area contributed by atoms with Crippen molar-refractivity contribution in [2.45, 2.75) is 24.7 Å². The first-order valence-electron chi connectivity index (χ1n) is 7.53. The number of carbonyl (C=O) groups is 1. The summed E-state index contributed by atoms with van der Waals surface area (Å²) in [5.74, 6) is 0.573. The lowest BCUT2D eigenvalue weighted by atomic mass is 9.96. The maximum absolute atomic E-state index is 12.1. The molecule has 0 unspecified atom stereocenters. The molecule has 3 rings (SSSR count). The number of hydrogen-bond acceptors (Lipinski definition) is 3. The van der Waals surface area contributed by atoms with Crippen LogP contribution in [0, 0.1) is 0 Å². The highest BCUT2D eigenvalue weighted by atomic mass is 16.5. The van der Waals surface area contributed by atoms with Crippen LogP contribution < -0.4 is 10.1 Å². The van der Waals surface area contributed by atoms with Crippen LogP contribution in [-0.4, -0.2) is 24.5 Å². The van der Waals surface area contributed by atoms with Gasteiger partial charge in [0.05, 0.1) is 13.5 Å². The summed E-state index contributed by atoms with van der Waals surface area (Å²) in [6, 6.07) is 14.1. The molecule has 4 nitrogen and oxygen atoms in total. The van der Waals surface area contributed by atoms with Crippen molar-refractivity contribution in [1.29, 1.82) is 0 Å². The summed E-state index contributed by atoms with van der Waals surface area (Å²) >= 11 is 0. The van der Waals surface area contributed by atoms with Gasteiger partial charge in [-0.25, -0.2) is 4.98 Å². The molecule has 22 heavy (non-hydrogen) atoms. The largest absolute Gasteiger partial charge is 0.481 e. The minimum absolute atomic E-state index is 0.0375.